The van der Waals surface area contributed by atoms with E-state index in [1.165, 1.54) is 0 Å². The van der Waals surface area contributed by atoms with Gasteiger partial charge in [-0.05, 0) is 50.0 Å². The molecule has 1 heterocycles. The molecule has 17 heavy (non-hydrogen) atoms. The van der Waals surface area contributed by atoms with Crippen LogP contribution in [-0.4, -0.2) is 25.8 Å². The molecule has 0 atom stereocenters. The summed E-state index contributed by atoms with van der Waals surface area (Å²) in [5.41, 5.74) is 1.80. The Balaban J connectivity index is 2.14. The first kappa shape index (κ1) is 12.5. The van der Waals surface area contributed by atoms with Gasteiger partial charge in [-0.2, -0.15) is 0 Å². The van der Waals surface area contributed by atoms with Gasteiger partial charge in [0.15, 0.2) is 0 Å². The van der Waals surface area contributed by atoms with Crippen molar-refractivity contribution in [2.45, 2.75) is 31.8 Å². The summed E-state index contributed by atoms with van der Waals surface area (Å²) in [5.74, 6) is -0.134. The SMILES string of the molecule is COC1(Cc2ccc(F)c(C)c2)CCNCC1. The van der Waals surface area contributed by atoms with Crippen LogP contribution in [-0.2, 0) is 11.2 Å². The molecule has 0 radical (unpaired) electrons. The van der Waals surface area contributed by atoms with Crippen molar-refractivity contribution in [2.24, 2.45) is 0 Å². The minimum absolute atomic E-state index is 0.0739. The lowest BCUT2D eigenvalue weighted by molar-refractivity contribution is -0.0333. The predicted molar refractivity (Wildman–Crippen MR) is 66.7 cm³/mol. The number of aryl methyl sites for hydroxylation is 1. The van der Waals surface area contributed by atoms with Crippen LogP contribution < -0.4 is 5.32 Å². The topological polar surface area (TPSA) is 21.3 Å². The Kier molecular flexibility index (Phi) is 3.79. The van der Waals surface area contributed by atoms with Gasteiger partial charge in [0.1, 0.15) is 5.82 Å². The van der Waals surface area contributed by atoms with E-state index < -0.39 is 0 Å². The van der Waals surface area contributed by atoms with Crippen molar-refractivity contribution in [1.29, 1.82) is 0 Å². The third-order valence-electron chi connectivity index (χ3n) is 3.70. The van der Waals surface area contributed by atoms with Crippen LogP contribution in [0.1, 0.15) is 24.0 Å². The zero-order valence-electron chi connectivity index (χ0n) is 10.6. The lowest BCUT2D eigenvalue weighted by Gasteiger charge is -2.36. The van der Waals surface area contributed by atoms with E-state index in [0.29, 0.717) is 5.56 Å². The van der Waals surface area contributed by atoms with E-state index >= 15 is 0 Å². The van der Waals surface area contributed by atoms with Crippen molar-refractivity contribution in [1.82, 2.24) is 5.32 Å². The predicted octanol–water partition coefficient (Wildman–Crippen LogP) is 2.45. The maximum absolute atomic E-state index is 13.2. The van der Waals surface area contributed by atoms with Crippen LogP contribution in [0.2, 0.25) is 0 Å². The Morgan fingerprint density at radius 2 is 2.06 bits per heavy atom. The van der Waals surface area contributed by atoms with Gasteiger partial charge in [0.05, 0.1) is 5.60 Å². The van der Waals surface area contributed by atoms with Gasteiger partial charge in [-0.15, -0.1) is 0 Å². The lowest BCUT2D eigenvalue weighted by atomic mass is 9.85. The first-order valence-corrected chi connectivity index (χ1v) is 6.16. The van der Waals surface area contributed by atoms with Crippen LogP contribution in [0.3, 0.4) is 0 Å². The summed E-state index contributed by atoms with van der Waals surface area (Å²) in [6.07, 6.45) is 2.89. The van der Waals surface area contributed by atoms with Crippen molar-refractivity contribution < 1.29 is 9.13 Å². The normalized spacial score (nSPS) is 19.2. The molecular formula is C14H20FNO. The van der Waals surface area contributed by atoms with Crippen LogP contribution in [0.15, 0.2) is 18.2 Å². The maximum Gasteiger partial charge on any atom is 0.126 e. The molecule has 1 N–H and O–H groups in total. The summed E-state index contributed by atoms with van der Waals surface area (Å²) >= 11 is 0. The molecule has 0 aromatic heterocycles. The van der Waals surface area contributed by atoms with Crippen molar-refractivity contribution in [3.63, 3.8) is 0 Å². The summed E-state index contributed by atoms with van der Waals surface area (Å²) in [5, 5.41) is 3.34. The summed E-state index contributed by atoms with van der Waals surface area (Å²) in [7, 11) is 1.78. The van der Waals surface area contributed by atoms with Crippen LogP contribution in [0.5, 0.6) is 0 Å². The molecule has 1 aromatic rings. The van der Waals surface area contributed by atoms with Gasteiger partial charge in [0.25, 0.3) is 0 Å². The molecule has 0 unspecified atom stereocenters. The van der Waals surface area contributed by atoms with E-state index in [1.807, 2.05) is 12.1 Å². The summed E-state index contributed by atoms with van der Waals surface area (Å²) in [6, 6.07) is 5.35. The van der Waals surface area contributed by atoms with Crippen molar-refractivity contribution >= 4 is 0 Å². The number of rotatable bonds is 3. The van der Waals surface area contributed by atoms with E-state index in [0.717, 1.165) is 37.9 Å². The molecular weight excluding hydrogens is 217 g/mol. The average Bonchev–Trinajstić information content (AvgIpc) is 2.35. The van der Waals surface area contributed by atoms with Crippen molar-refractivity contribution in [2.75, 3.05) is 20.2 Å². The number of hydrogen-bond acceptors (Lipinski definition) is 2. The van der Waals surface area contributed by atoms with Crippen LogP contribution in [0.25, 0.3) is 0 Å². The number of methoxy groups -OCH3 is 1. The van der Waals surface area contributed by atoms with Gasteiger partial charge in [-0.25, -0.2) is 4.39 Å². The van der Waals surface area contributed by atoms with Crippen molar-refractivity contribution in [3.8, 4) is 0 Å². The fourth-order valence-corrected chi connectivity index (χ4v) is 2.52. The van der Waals surface area contributed by atoms with Crippen LogP contribution >= 0.6 is 0 Å². The Morgan fingerprint density at radius 3 is 2.65 bits per heavy atom. The smallest absolute Gasteiger partial charge is 0.126 e. The van der Waals surface area contributed by atoms with Crippen LogP contribution in [0, 0.1) is 12.7 Å². The molecule has 3 heteroatoms. The molecule has 1 aliphatic rings. The van der Waals surface area contributed by atoms with Crippen LogP contribution in [0.4, 0.5) is 4.39 Å². The Bertz CT molecular complexity index is 386. The molecule has 2 rings (SSSR count). The summed E-state index contributed by atoms with van der Waals surface area (Å²) in [4.78, 5) is 0. The number of benzene rings is 1. The highest BCUT2D eigenvalue weighted by atomic mass is 19.1. The second-order valence-electron chi connectivity index (χ2n) is 4.90. The number of hydrogen-bond donors (Lipinski definition) is 1. The molecule has 1 fully saturated rings. The molecule has 0 saturated carbocycles. The zero-order chi connectivity index (χ0) is 12.3. The lowest BCUT2D eigenvalue weighted by Crippen LogP contribution is -2.45. The second-order valence-corrected chi connectivity index (χ2v) is 4.90. The third kappa shape index (κ3) is 2.85. The fourth-order valence-electron chi connectivity index (χ4n) is 2.52. The van der Waals surface area contributed by atoms with E-state index in [2.05, 4.69) is 5.32 Å². The highest BCUT2D eigenvalue weighted by Gasteiger charge is 2.31. The number of piperidine rings is 1. The second kappa shape index (κ2) is 5.15. The first-order valence-electron chi connectivity index (χ1n) is 6.16. The number of ether oxygens (including phenoxy) is 1. The Morgan fingerprint density at radius 1 is 1.35 bits per heavy atom. The van der Waals surface area contributed by atoms with E-state index in [1.54, 1.807) is 20.1 Å². The molecule has 0 amide bonds. The highest BCUT2D eigenvalue weighted by molar-refractivity contribution is 5.25. The molecule has 0 aliphatic carbocycles. The summed E-state index contributed by atoms with van der Waals surface area (Å²) in [6.45, 7) is 3.79. The van der Waals surface area contributed by atoms with E-state index in [-0.39, 0.29) is 11.4 Å². The molecule has 0 spiro atoms. The van der Waals surface area contributed by atoms with Gasteiger partial charge in [-0.1, -0.05) is 12.1 Å². The van der Waals surface area contributed by atoms with E-state index in [9.17, 15) is 4.39 Å². The maximum atomic E-state index is 13.2. The number of nitrogens with one attached hydrogen (secondary N) is 1. The molecule has 1 saturated heterocycles. The Labute approximate surface area is 102 Å². The molecule has 1 aliphatic heterocycles. The average molecular weight is 237 g/mol. The van der Waals surface area contributed by atoms with Gasteiger partial charge in [-0.3, -0.25) is 0 Å². The number of halogens is 1. The van der Waals surface area contributed by atoms with Gasteiger partial charge in [0, 0.05) is 13.5 Å². The molecule has 94 valence electrons. The monoisotopic (exact) mass is 237 g/mol. The van der Waals surface area contributed by atoms with Gasteiger partial charge < -0.3 is 10.1 Å². The Hall–Kier alpha value is -0.930. The van der Waals surface area contributed by atoms with Crippen molar-refractivity contribution in [3.05, 3.63) is 35.1 Å². The highest BCUT2D eigenvalue weighted by Crippen LogP contribution is 2.27. The van der Waals surface area contributed by atoms with E-state index in [4.69, 9.17) is 4.74 Å². The fraction of sp³-hybridized carbons (Fsp3) is 0.571. The standard InChI is InChI=1S/C14H20FNO/c1-11-9-12(3-4-13(11)15)10-14(17-2)5-7-16-8-6-14/h3-4,9,16H,5-8,10H2,1-2H3. The third-order valence-corrected chi connectivity index (χ3v) is 3.70. The summed E-state index contributed by atoms with van der Waals surface area (Å²) < 4.78 is 18.9. The zero-order valence-corrected chi connectivity index (χ0v) is 10.6. The molecule has 0 bridgehead atoms. The largest absolute Gasteiger partial charge is 0.378 e. The van der Waals surface area contributed by atoms with Gasteiger partial charge >= 0.3 is 0 Å². The molecule has 2 nitrogen and oxygen atoms in total. The quantitative estimate of drug-likeness (QED) is 0.872. The van der Waals surface area contributed by atoms with Gasteiger partial charge in [0.2, 0.25) is 0 Å². The minimum atomic E-state index is -0.134. The first-order chi connectivity index (χ1) is 8.15. The molecule has 1 aromatic carbocycles. The minimum Gasteiger partial charge on any atom is -0.378 e.